The molecule has 0 rings (SSSR count). The maximum Gasteiger partial charge on any atom is 0.326 e. The van der Waals surface area contributed by atoms with Gasteiger partial charge in [-0.15, -0.1) is 0 Å². The molecule has 0 radical (unpaired) electrons. The van der Waals surface area contributed by atoms with Crippen LogP contribution in [0.2, 0.25) is 0 Å². The number of rotatable bonds is 23. The van der Waals surface area contributed by atoms with Gasteiger partial charge in [-0.05, 0) is 31.6 Å². The smallest absolute Gasteiger partial charge is 0.326 e. The molecule has 47 heavy (non-hydrogen) atoms. The number of aliphatic hydroxyl groups is 1. The van der Waals surface area contributed by atoms with Gasteiger partial charge in [-0.25, -0.2) is 4.79 Å². The lowest BCUT2D eigenvalue weighted by molar-refractivity contribution is -0.147. The van der Waals surface area contributed by atoms with Gasteiger partial charge in [-0.1, -0.05) is 13.8 Å². The van der Waals surface area contributed by atoms with E-state index >= 15 is 0 Å². The van der Waals surface area contributed by atoms with E-state index in [1.807, 2.05) is 5.32 Å². The SMILES string of the molecule is CC(C)C[C@H](NC(=O)CNC(=O)[C@@H](N)CCCN=C(N)N)C(=O)N[C@@H](CO)C(=O)N[C@@H](CCC(=O)O)C(=O)N[C@@H](CC(=O)O)C(=O)O. The molecule has 0 unspecified atom stereocenters. The number of carbonyl (C=O) groups is 8. The summed E-state index contributed by atoms with van der Waals surface area (Å²) in [6.45, 7) is 2.14. The van der Waals surface area contributed by atoms with Crippen LogP contribution in [0.15, 0.2) is 4.99 Å². The topological polar surface area (TPSA) is 368 Å². The van der Waals surface area contributed by atoms with Crippen LogP contribution in [0.4, 0.5) is 0 Å². The van der Waals surface area contributed by atoms with E-state index in [0.717, 1.165) is 0 Å². The normalized spacial score (nSPS) is 13.9. The van der Waals surface area contributed by atoms with Crippen molar-refractivity contribution in [3.8, 4) is 0 Å². The molecule has 0 aromatic rings. The zero-order valence-electron chi connectivity index (χ0n) is 26.1. The van der Waals surface area contributed by atoms with Gasteiger partial charge in [0.25, 0.3) is 0 Å². The van der Waals surface area contributed by atoms with Crippen LogP contribution < -0.4 is 43.8 Å². The van der Waals surface area contributed by atoms with Crippen molar-refractivity contribution in [3.05, 3.63) is 0 Å². The number of nitrogens with zero attached hydrogens (tertiary/aromatic N) is 1. The number of hydrogen-bond acceptors (Lipinski definition) is 11. The van der Waals surface area contributed by atoms with Gasteiger partial charge in [0.2, 0.25) is 29.5 Å². The van der Waals surface area contributed by atoms with Crippen molar-refractivity contribution in [1.82, 2.24) is 26.6 Å². The highest BCUT2D eigenvalue weighted by molar-refractivity contribution is 5.96. The number of aliphatic hydroxyl groups excluding tert-OH is 1. The van der Waals surface area contributed by atoms with E-state index in [0.29, 0.717) is 6.42 Å². The molecule has 0 aliphatic heterocycles. The number of amides is 5. The minimum Gasteiger partial charge on any atom is -0.481 e. The molecule has 0 heterocycles. The standard InChI is InChI=1S/C26H45N9O12/c1-12(2)8-15(32-18(37)10-31-21(42)13(27)4-3-7-30-26(28)29)23(44)35-17(11-36)24(45)33-14(5-6-19(38)39)22(43)34-16(25(46)47)9-20(40)41/h12-17,36H,3-11,27H2,1-2H3,(H,31,42)(H,32,37)(H,33,45)(H,34,43)(H,35,44)(H,38,39)(H,40,41)(H,46,47)(H4,28,29,30)/t13-,14-,15-,16-,17-/m0/s1. The van der Waals surface area contributed by atoms with Crippen LogP contribution in [0, 0.1) is 5.92 Å². The molecule has 0 aliphatic rings. The summed E-state index contributed by atoms with van der Waals surface area (Å²) < 4.78 is 0. The molecule has 0 aromatic carbocycles. The summed E-state index contributed by atoms with van der Waals surface area (Å²) in [5.41, 5.74) is 16.2. The van der Waals surface area contributed by atoms with Crippen molar-refractivity contribution in [1.29, 1.82) is 0 Å². The Bertz CT molecular complexity index is 1160. The molecule has 0 saturated carbocycles. The molecule has 5 amide bonds. The molecule has 0 aliphatic carbocycles. The molecule has 15 N–H and O–H groups in total. The van der Waals surface area contributed by atoms with Crippen LogP contribution in [0.3, 0.4) is 0 Å². The maximum atomic E-state index is 13.1. The summed E-state index contributed by atoms with van der Waals surface area (Å²) in [7, 11) is 0. The molecule has 21 heteroatoms. The minimum absolute atomic E-state index is 0.0549. The van der Waals surface area contributed by atoms with Crippen LogP contribution >= 0.6 is 0 Å². The first-order valence-corrected chi connectivity index (χ1v) is 14.4. The van der Waals surface area contributed by atoms with Crippen molar-refractivity contribution in [2.45, 2.75) is 82.6 Å². The van der Waals surface area contributed by atoms with Gasteiger partial charge in [0.15, 0.2) is 5.96 Å². The van der Waals surface area contributed by atoms with E-state index in [4.69, 9.17) is 27.4 Å². The van der Waals surface area contributed by atoms with Crippen molar-refractivity contribution >= 4 is 53.4 Å². The van der Waals surface area contributed by atoms with Gasteiger partial charge in [0.1, 0.15) is 24.2 Å². The van der Waals surface area contributed by atoms with Gasteiger partial charge in [-0.2, -0.15) is 0 Å². The number of guanidine groups is 1. The van der Waals surface area contributed by atoms with E-state index in [-0.39, 0.29) is 31.3 Å². The van der Waals surface area contributed by atoms with Gasteiger partial charge in [0.05, 0.1) is 25.6 Å². The molecular formula is C26H45N9O12. The molecule has 5 atom stereocenters. The van der Waals surface area contributed by atoms with E-state index in [1.165, 1.54) is 0 Å². The molecule has 0 spiro atoms. The fraction of sp³-hybridized carbons (Fsp3) is 0.654. The Morgan fingerprint density at radius 2 is 1.28 bits per heavy atom. The Kier molecular flexibility index (Phi) is 19.3. The number of carboxylic acid groups (broad SMARTS) is 3. The third-order valence-electron chi connectivity index (χ3n) is 6.18. The molecule has 266 valence electrons. The molecule has 0 bridgehead atoms. The molecule has 0 fully saturated rings. The van der Waals surface area contributed by atoms with E-state index in [2.05, 4.69) is 26.3 Å². The first-order valence-electron chi connectivity index (χ1n) is 14.4. The van der Waals surface area contributed by atoms with Crippen LogP contribution in [-0.2, 0) is 38.4 Å². The number of nitrogens with one attached hydrogen (secondary N) is 5. The second-order valence-corrected chi connectivity index (χ2v) is 10.8. The average molecular weight is 676 g/mol. The Labute approximate surface area is 269 Å². The largest absolute Gasteiger partial charge is 0.481 e. The van der Waals surface area contributed by atoms with Crippen LogP contribution in [0.1, 0.15) is 52.4 Å². The van der Waals surface area contributed by atoms with Crippen LogP contribution in [-0.4, -0.2) is 124 Å². The first kappa shape index (κ1) is 41.9. The summed E-state index contributed by atoms with van der Waals surface area (Å²) in [5, 5.41) is 47.9. The second kappa shape index (κ2) is 21.6. The predicted molar refractivity (Wildman–Crippen MR) is 162 cm³/mol. The van der Waals surface area contributed by atoms with Gasteiger partial charge < -0.3 is 64.2 Å². The average Bonchev–Trinajstić information content (AvgIpc) is 2.96. The van der Waals surface area contributed by atoms with Crippen molar-refractivity contribution in [3.63, 3.8) is 0 Å². The fourth-order valence-electron chi connectivity index (χ4n) is 3.82. The van der Waals surface area contributed by atoms with E-state index in [9.17, 15) is 48.6 Å². The quantitative estimate of drug-likeness (QED) is 0.0274. The van der Waals surface area contributed by atoms with Crippen molar-refractivity contribution in [2.24, 2.45) is 28.1 Å². The van der Waals surface area contributed by atoms with Crippen LogP contribution in [0.25, 0.3) is 0 Å². The number of hydrogen-bond donors (Lipinski definition) is 12. The summed E-state index contributed by atoms with van der Waals surface area (Å²) in [5.74, 6) is -9.68. The summed E-state index contributed by atoms with van der Waals surface area (Å²) in [4.78, 5) is 101. The highest BCUT2D eigenvalue weighted by Crippen LogP contribution is 2.07. The number of carbonyl (C=O) groups excluding carboxylic acids is 5. The van der Waals surface area contributed by atoms with Crippen molar-refractivity contribution in [2.75, 3.05) is 19.7 Å². The molecule has 21 nitrogen and oxygen atoms in total. The highest BCUT2D eigenvalue weighted by atomic mass is 16.4. The predicted octanol–water partition coefficient (Wildman–Crippen LogP) is -5.11. The maximum absolute atomic E-state index is 13.1. The Hall–Kier alpha value is -5.05. The van der Waals surface area contributed by atoms with Gasteiger partial charge in [-0.3, -0.25) is 38.6 Å². The lowest BCUT2D eigenvalue weighted by atomic mass is 10.0. The minimum atomic E-state index is -1.91. The summed E-state index contributed by atoms with van der Waals surface area (Å²) in [6.07, 6.45) is -1.58. The van der Waals surface area contributed by atoms with E-state index < -0.39 is 110 Å². The van der Waals surface area contributed by atoms with Crippen molar-refractivity contribution < 1.29 is 58.8 Å². The zero-order valence-corrected chi connectivity index (χ0v) is 26.1. The monoisotopic (exact) mass is 675 g/mol. The molecular weight excluding hydrogens is 630 g/mol. The zero-order chi connectivity index (χ0) is 36.3. The highest BCUT2D eigenvalue weighted by Gasteiger charge is 2.32. The Morgan fingerprint density at radius 1 is 0.723 bits per heavy atom. The Balaban J connectivity index is 5.48. The van der Waals surface area contributed by atoms with E-state index in [1.54, 1.807) is 13.8 Å². The number of aliphatic imine (C=N–C) groups is 1. The third kappa shape index (κ3) is 18.5. The van der Waals surface area contributed by atoms with Gasteiger partial charge in [0, 0.05) is 13.0 Å². The number of nitrogens with two attached hydrogens (primary N) is 3. The van der Waals surface area contributed by atoms with Crippen LogP contribution in [0.5, 0.6) is 0 Å². The molecule has 0 saturated heterocycles. The first-order chi connectivity index (χ1) is 21.9. The summed E-state index contributed by atoms with van der Waals surface area (Å²) >= 11 is 0. The number of carboxylic acids is 3. The number of aliphatic carboxylic acids is 3. The van der Waals surface area contributed by atoms with Gasteiger partial charge >= 0.3 is 17.9 Å². The summed E-state index contributed by atoms with van der Waals surface area (Å²) in [6, 6.07) is -7.56. The fourth-order valence-corrected chi connectivity index (χ4v) is 3.82. The molecule has 0 aromatic heterocycles. The lowest BCUT2D eigenvalue weighted by Gasteiger charge is -2.25. The second-order valence-electron chi connectivity index (χ2n) is 10.8. The lowest BCUT2D eigenvalue weighted by Crippen LogP contribution is -2.59. The Morgan fingerprint density at radius 3 is 1.79 bits per heavy atom. The third-order valence-corrected chi connectivity index (χ3v) is 6.18.